The van der Waals surface area contributed by atoms with E-state index in [2.05, 4.69) is 16.7 Å². The average molecular weight is 349 g/mol. The summed E-state index contributed by atoms with van der Waals surface area (Å²) in [7, 11) is 0. The number of rotatable bonds is 9. The van der Waals surface area contributed by atoms with Crippen molar-refractivity contribution in [1.82, 2.24) is 9.80 Å². The van der Waals surface area contributed by atoms with Gasteiger partial charge in [-0.2, -0.15) is 0 Å². The molecule has 3 aliphatic rings. The Morgan fingerprint density at radius 2 is 1.76 bits per heavy atom. The molecule has 0 amide bonds. The first-order valence-corrected chi connectivity index (χ1v) is 11.0. The molecule has 0 aromatic carbocycles. The van der Waals surface area contributed by atoms with E-state index in [1.165, 1.54) is 77.7 Å². The van der Waals surface area contributed by atoms with Crippen LogP contribution in [0.5, 0.6) is 0 Å². The fourth-order valence-corrected chi connectivity index (χ4v) is 5.39. The average Bonchev–Trinajstić information content (AvgIpc) is 2.53. The third-order valence-corrected chi connectivity index (χ3v) is 7.21. The van der Waals surface area contributed by atoms with E-state index in [4.69, 9.17) is 0 Å². The van der Waals surface area contributed by atoms with Crippen molar-refractivity contribution in [2.24, 2.45) is 17.3 Å². The van der Waals surface area contributed by atoms with Crippen molar-refractivity contribution in [3.05, 3.63) is 0 Å². The van der Waals surface area contributed by atoms with E-state index in [0.717, 1.165) is 30.2 Å². The number of carbonyl (C=O) groups excluding carboxylic acids is 1. The normalized spacial score (nSPS) is 25.3. The fraction of sp³-hybridized carbons (Fsp3) is 0.955. The SMILES string of the molecule is CCC1CC2(C1)CN(C1CCN(CCCCCC(=O)C(C)C)CC1)C2. The van der Waals surface area contributed by atoms with Crippen molar-refractivity contribution >= 4 is 5.78 Å². The van der Waals surface area contributed by atoms with Gasteiger partial charge >= 0.3 is 0 Å². The van der Waals surface area contributed by atoms with Crippen molar-refractivity contribution in [3.63, 3.8) is 0 Å². The smallest absolute Gasteiger partial charge is 0.135 e. The Bertz CT molecular complexity index is 425. The molecule has 3 heteroatoms. The Balaban J connectivity index is 1.22. The monoisotopic (exact) mass is 348 g/mol. The van der Waals surface area contributed by atoms with E-state index in [-0.39, 0.29) is 5.92 Å². The van der Waals surface area contributed by atoms with Crippen molar-refractivity contribution in [2.45, 2.75) is 84.6 Å². The van der Waals surface area contributed by atoms with Crippen LogP contribution in [0.25, 0.3) is 0 Å². The molecule has 0 radical (unpaired) electrons. The van der Waals surface area contributed by atoms with E-state index in [0.29, 0.717) is 5.78 Å². The quantitative estimate of drug-likeness (QED) is 0.579. The van der Waals surface area contributed by atoms with E-state index in [9.17, 15) is 4.79 Å². The number of piperidine rings is 1. The highest BCUT2D eigenvalue weighted by Crippen LogP contribution is 2.53. The number of likely N-dealkylation sites (tertiary alicyclic amines) is 2. The number of hydrogen-bond donors (Lipinski definition) is 0. The molecule has 2 heterocycles. The van der Waals surface area contributed by atoms with Gasteiger partial charge in [-0.3, -0.25) is 9.69 Å². The lowest BCUT2D eigenvalue weighted by Gasteiger charge is -2.62. The minimum atomic E-state index is 0.215. The summed E-state index contributed by atoms with van der Waals surface area (Å²) in [6.07, 6.45) is 11.5. The topological polar surface area (TPSA) is 23.6 Å². The van der Waals surface area contributed by atoms with Gasteiger partial charge in [0, 0.05) is 31.5 Å². The van der Waals surface area contributed by atoms with Gasteiger partial charge in [0.05, 0.1) is 0 Å². The molecule has 2 aliphatic heterocycles. The van der Waals surface area contributed by atoms with Gasteiger partial charge in [-0.15, -0.1) is 0 Å². The summed E-state index contributed by atoms with van der Waals surface area (Å²) in [5.41, 5.74) is 0.755. The number of hydrogen-bond acceptors (Lipinski definition) is 3. The largest absolute Gasteiger partial charge is 0.303 e. The molecule has 0 atom stereocenters. The van der Waals surface area contributed by atoms with Crippen LogP contribution in [0.3, 0.4) is 0 Å². The van der Waals surface area contributed by atoms with Gasteiger partial charge in [-0.25, -0.2) is 0 Å². The van der Waals surface area contributed by atoms with E-state index < -0.39 is 0 Å². The lowest BCUT2D eigenvalue weighted by Crippen LogP contribution is -2.65. The summed E-state index contributed by atoms with van der Waals surface area (Å²) >= 11 is 0. The molecule has 2 saturated heterocycles. The Labute approximate surface area is 155 Å². The first kappa shape index (κ1) is 19.4. The van der Waals surface area contributed by atoms with E-state index >= 15 is 0 Å². The summed E-state index contributed by atoms with van der Waals surface area (Å²) in [5.74, 6) is 1.69. The Kier molecular flexibility index (Phi) is 6.60. The molecule has 3 rings (SSSR count). The highest BCUT2D eigenvalue weighted by molar-refractivity contribution is 5.80. The lowest BCUT2D eigenvalue weighted by atomic mass is 9.56. The number of ketones is 1. The fourth-order valence-electron chi connectivity index (χ4n) is 5.39. The van der Waals surface area contributed by atoms with Crippen molar-refractivity contribution in [1.29, 1.82) is 0 Å². The van der Waals surface area contributed by atoms with Crippen LogP contribution in [0, 0.1) is 17.3 Å². The molecule has 0 unspecified atom stereocenters. The number of Topliss-reactive ketones (excluding diaryl/α,β-unsaturated/α-hetero) is 1. The van der Waals surface area contributed by atoms with Crippen LogP contribution in [0.4, 0.5) is 0 Å². The standard InChI is InChI=1S/C22H40N2O/c1-4-19-14-22(15-19)16-24(17-22)20-9-12-23(13-10-20)11-7-5-6-8-21(25)18(2)3/h18-20H,4-17H2,1-3H3. The Morgan fingerprint density at radius 3 is 2.36 bits per heavy atom. The molecular weight excluding hydrogens is 308 g/mol. The predicted molar refractivity (Wildman–Crippen MR) is 105 cm³/mol. The summed E-state index contributed by atoms with van der Waals surface area (Å²) in [6.45, 7) is 13.0. The van der Waals surface area contributed by atoms with Gasteiger partial charge in [-0.05, 0) is 69.5 Å². The third kappa shape index (κ3) is 4.86. The molecule has 1 saturated carbocycles. The maximum Gasteiger partial charge on any atom is 0.135 e. The van der Waals surface area contributed by atoms with Gasteiger partial charge in [-0.1, -0.05) is 33.6 Å². The highest BCUT2D eigenvalue weighted by atomic mass is 16.1. The Hall–Kier alpha value is -0.410. The lowest BCUT2D eigenvalue weighted by molar-refractivity contribution is -0.122. The molecule has 1 spiro atoms. The zero-order chi connectivity index (χ0) is 17.9. The molecule has 0 N–H and O–H groups in total. The first-order chi connectivity index (χ1) is 12.0. The molecule has 0 aromatic heterocycles. The van der Waals surface area contributed by atoms with Crippen LogP contribution in [0.15, 0.2) is 0 Å². The molecule has 0 bridgehead atoms. The molecule has 1 aliphatic carbocycles. The molecular formula is C22H40N2O. The zero-order valence-electron chi connectivity index (χ0n) is 16.9. The summed E-state index contributed by atoms with van der Waals surface area (Å²) in [6, 6.07) is 0.867. The van der Waals surface area contributed by atoms with Gasteiger partial charge in [0.2, 0.25) is 0 Å². The highest BCUT2D eigenvalue weighted by Gasteiger charge is 2.52. The molecule has 3 nitrogen and oxygen atoms in total. The zero-order valence-corrected chi connectivity index (χ0v) is 16.9. The van der Waals surface area contributed by atoms with Crippen LogP contribution >= 0.6 is 0 Å². The second-order valence-electron chi connectivity index (χ2n) is 9.59. The summed E-state index contributed by atoms with van der Waals surface area (Å²) < 4.78 is 0. The second kappa shape index (κ2) is 8.52. The molecule has 144 valence electrons. The van der Waals surface area contributed by atoms with Crippen molar-refractivity contribution < 1.29 is 4.79 Å². The molecule has 3 fully saturated rings. The van der Waals surface area contributed by atoms with E-state index in [1.807, 2.05) is 13.8 Å². The van der Waals surface area contributed by atoms with Gasteiger partial charge in [0.25, 0.3) is 0 Å². The van der Waals surface area contributed by atoms with Crippen LogP contribution < -0.4 is 0 Å². The minimum absolute atomic E-state index is 0.215. The van der Waals surface area contributed by atoms with Crippen molar-refractivity contribution in [3.8, 4) is 0 Å². The van der Waals surface area contributed by atoms with Crippen LogP contribution in [-0.2, 0) is 4.79 Å². The molecule has 25 heavy (non-hydrogen) atoms. The number of nitrogens with zero attached hydrogens (tertiary/aromatic N) is 2. The van der Waals surface area contributed by atoms with Gasteiger partial charge < -0.3 is 4.90 Å². The van der Waals surface area contributed by atoms with Crippen molar-refractivity contribution in [2.75, 3.05) is 32.7 Å². The van der Waals surface area contributed by atoms with E-state index in [1.54, 1.807) is 0 Å². The summed E-state index contributed by atoms with van der Waals surface area (Å²) in [4.78, 5) is 17.1. The van der Waals surface area contributed by atoms with Crippen LogP contribution in [-0.4, -0.2) is 54.3 Å². The van der Waals surface area contributed by atoms with Crippen LogP contribution in [0.1, 0.15) is 78.6 Å². The second-order valence-corrected chi connectivity index (χ2v) is 9.59. The third-order valence-electron chi connectivity index (χ3n) is 7.21. The maximum atomic E-state index is 11.6. The Morgan fingerprint density at radius 1 is 1.08 bits per heavy atom. The molecule has 0 aromatic rings. The van der Waals surface area contributed by atoms with Crippen LogP contribution in [0.2, 0.25) is 0 Å². The van der Waals surface area contributed by atoms with Gasteiger partial charge in [0.1, 0.15) is 5.78 Å². The summed E-state index contributed by atoms with van der Waals surface area (Å²) in [5, 5.41) is 0. The number of carbonyl (C=O) groups is 1. The van der Waals surface area contributed by atoms with Gasteiger partial charge in [0.15, 0.2) is 0 Å². The predicted octanol–water partition coefficient (Wildman–Crippen LogP) is 4.36. The number of unbranched alkanes of at least 4 members (excludes halogenated alkanes) is 2. The maximum absolute atomic E-state index is 11.6. The minimum Gasteiger partial charge on any atom is -0.303 e. The first-order valence-electron chi connectivity index (χ1n) is 11.0.